The van der Waals surface area contributed by atoms with Gasteiger partial charge in [-0.2, -0.15) is 0 Å². The van der Waals surface area contributed by atoms with Crippen LogP contribution in [0.2, 0.25) is 5.02 Å². The van der Waals surface area contributed by atoms with Crippen molar-refractivity contribution in [3.63, 3.8) is 0 Å². The number of anilines is 3. The molecule has 0 unspecified atom stereocenters. The number of hydrogen-bond acceptors (Lipinski definition) is 6. The van der Waals surface area contributed by atoms with Gasteiger partial charge in [0, 0.05) is 47.8 Å². The fraction of sp³-hybridized carbons (Fsp3) is 0.190. The minimum absolute atomic E-state index is 0.00682. The van der Waals surface area contributed by atoms with Gasteiger partial charge >= 0.3 is 0 Å². The van der Waals surface area contributed by atoms with E-state index in [9.17, 15) is 14.4 Å². The van der Waals surface area contributed by atoms with E-state index < -0.39 is 0 Å². The lowest BCUT2D eigenvalue weighted by molar-refractivity contribution is -0.117. The van der Waals surface area contributed by atoms with Crippen molar-refractivity contribution in [1.29, 1.82) is 0 Å². The first-order valence-electron chi connectivity index (χ1n) is 9.47. The molecule has 3 aromatic rings. The van der Waals surface area contributed by atoms with Crippen LogP contribution in [-0.4, -0.2) is 34.5 Å². The first-order valence-corrected chi connectivity index (χ1v) is 10.7. The first-order chi connectivity index (χ1) is 14.9. The number of aromatic nitrogens is 2. The summed E-state index contributed by atoms with van der Waals surface area (Å²) in [5, 5.41) is 15.3. The predicted molar refractivity (Wildman–Crippen MR) is 120 cm³/mol. The fourth-order valence-electron chi connectivity index (χ4n) is 3.27. The summed E-state index contributed by atoms with van der Waals surface area (Å²) in [5.41, 5.74) is 1.83. The third kappa shape index (κ3) is 4.89. The second kappa shape index (κ2) is 8.83. The Hall–Kier alpha value is -3.30. The molecule has 158 valence electrons. The number of nitrogens with zero attached hydrogens (tertiary/aromatic N) is 3. The Morgan fingerprint density at radius 1 is 1.06 bits per heavy atom. The van der Waals surface area contributed by atoms with E-state index >= 15 is 0 Å². The van der Waals surface area contributed by atoms with Crippen LogP contribution in [0.3, 0.4) is 0 Å². The summed E-state index contributed by atoms with van der Waals surface area (Å²) in [6.45, 7) is 1.91. The topological polar surface area (TPSA) is 104 Å². The average Bonchev–Trinajstić information content (AvgIpc) is 3.35. The predicted octanol–water partition coefficient (Wildman–Crippen LogP) is 3.92. The third-order valence-electron chi connectivity index (χ3n) is 4.74. The Bertz CT molecular complexity index is 1130. The number of halogens is 1. The quantitative estimate of drug-likeness (QED) is 0.606. The molecular weight excluding hydrogens is 438 g/mol. The fourth-order valence-corrected chi connectivity index (χ4v) is 4.23. The van der Waals surface area contributed by atoms with Crippen molar-refractivity contribution in [2.75, 3.05) is 22.1 Å². The highest BCUT2D eigenvalue weighted by molar-refractivity contribution is 7.15. The van der Waals surface area contributed by atoms with Gasteiger partial charge in [-0.3, -0.25) is 19.7 Å². The molecule has 1 aliphatic heterocycles. The normalized spacial score (nSPS) is 15.7. The molecule has 0 bridgehead atoms. The Morgan fingerprint density at radius 2 is 1.77 bits per heavy atom. The Morgan fingerprint density at radius 3 is 2.45 bits per heavy atom. The van der Waals surface area contributed by atoms with E-state index in [0.717, 1.165) is 5.69 Å². The Kier molecular flexibility index (Phi) is 5.97. The van der Waals surface area contributed by atoms with Gasteiger partial charge in [0.2, 0.25) is 16.9 Å². The summed E-state index contributed by atoms with van der Waals surface area (Å²) in [6, 6.07) is 13.6. The lowest BCUT2D eigenvalue weighted by Crippen LogP contribution is -2.24. The highest BCUT2D eigenvalue weighted by Crippen LogP contribution is 2.34. The number of carbonyl (C=O) groups is 3. The lowest BCUT2D eigenvalue weighted by Gasteiger charge is -2.16. The van der Waals surface area contributed by atoms with Gasteiger partial charge in [0.15, 0.2) is 0 Å². The molecule has 2 aromatic carbocycles. The van der Waals surface area contributed by atoms with E-state index in [4.69, 9.17) is 11.6 Å². The lowest BCUT2D eigenvalue weighted by atomic mass is 10.1. The average molecular weight is 456 g/mol. The largest absolute Gasteiger partial charge is 0.326 e. The molecule has 2 heterocycles. The zero-order valence-electron chi connectivity index (χ0n) is 16.5. The van der Waals surface area contributed by atoms with Crippen LogP contribution >= 0.6 is 22.9 Å². The zero-order chi connectivity index (χ0) is 22.0. The van der Waals surface area contributed by atoms with Gasteiger partial charge in [0.1, 0.15) is 5.01 Å². The first kappa shape index (κ1) is 21.0. The van der Waals surface area contributed by atoms with Gasteiger partial charge in [0.05, 0.1) is 0 Å². The van der Waals surface area contributed by atoms with Crippen molar-refractivity contribution < 1.29 is 14.4 Å². The summed E-state index contributed by atoms with van der Waals surface area (Å²) in [4.78, 5) is 37.7. The molecule has 8 nitrogen and oxygen atoms in total. The molecule has 31 heavy (non-hydrogen) atoms. The maximum absolute atomic E-state index is 12.5. The highest BCUT2D eigenvalue weighted by Gasteiger charge is 2.34. The molecule has 0 spiro atoms. The Balaban J connectivity index is 1.40. The molecule has 3 amide bonds. The van der Waals surface area contributed by atoms with Gasteiger partial charge in [-0.05, 0) is 48.5 Å². The van der Waals surface area contributed by atoms with Crippen molar-refractivity contribution >= 4 is 57.2 Å². The van der Waals surface area contributed by atoms with Crippen LogP contribution in [0.25, 0.3) is 0 Å². The summed E-state index contributed by atoms with van der Waals surface area (Å²) < 4.78 is 0. The molecule has 4 rings (SSSR count). The van der Waals surface area contributed by atoms with Crippen LogP contribution in [0.15, 0.2) is 48.5 Å². The molecule has 10 heteroatoms. The molecule has 0 radical (unpaired) electrons. The smallest absolute Gasteiger partial charge is 0.257 e. The van der Waals surface area contributed by atoms with Crippen molar-refractivity contribution in [2.24, 2.45) is 0 Å². The molecule has 2 N–H and O–H groups in total. The van der Waals surface area contributed by atoms with Crippen molar-refractivity contribution in [3.8, 4) is 0 Å². The molecule has 1 aromatic heterocycles. The zero-order valence-corrected chi connectivity index (χ0v) is 18.0. The SMILES string of the molecule is CC(=O)Nc1ccc(C(=O)Nc2nnc([C@@H]3CC(=O)N(c4ccc(Cl)cc4)C3)s2)cc1. The highest BCUT2D eigenvalue weighted by atomic mass is 35.5. The minimum Gasteiger partial charge on any atom is -0.326 e. The monoisotopic (exact) mass is 455 g/mol. The van der Waals surface area contributed by atoms with Crippen LogP contribution in [-0.2, 0) is 9.59 Å². The number of hydrogen-bond donors (Lipinski definition) is 2. The summed E-state index contributed by atoms with van der Waals surface area (Å²) in [7, 11) is 0. The Labute approximate surface area is 187 Å². The maximum atomic E-state index is 12.5. The summed E-state index contributed by atoms with van der Waals surface area (Å²) >= 11 is 7.18. The summed E-state index contributed by atoms with van der Waals surface area (Å²) in [6.07, 6.45) is 0.329. The van der Waals surface area contributed by atoms with E-state index in [1.807, 2.05) is 12.1 Å². The number of rotatable bonds is 5. The number of amides is 3. The van der Waals surface area contributed by atoms with E-state index in [0.29, 0.717) is 39.4 Å². The standard InChI is InChI=1S/C21H18ClN5O3S/c1-12(28)23-16-6-2-13(3-7-16)19(30)24-21-26-25-20(31-21)14-10-18(29)27(11-14)17-8-4-15(22)5-9-17/h2-9,14H,10-11H2,1H3,(H,23,28)(H,24,26,30)/t14-/m1/s1. The van der Waals surface area contributed by atoms with Gasteiger partial charge in [-0.25, -0.2) is 0 Å². The van der Waals surface area contributed by atoms with Gasteiger partial charge in [-0.1, -0.05) is 22.9 Å². The van der Waals surface area contributed by atoms with E-state index in [1.54, 1.807) is 41.3 Å². The van der Waals surface area contributed by atoms with Crippen molar-refractivity contribution in [3.05, 3.63) is 64.1 Å². The second-order valence-electron chi connectivity index (χ2n) is 7.04. The number of benzene rings is 2. The molecule has 1 saturated heterocycles. The van der Waals surface area contributed by atoms with Crippen LogP contribution in [0.1, 0.15) is 34.6 Å². The van der Waals surface area contributed by atoms with Crippen LogP contribution in [0.4, 0.5) is 16.5 Å². The van der Waals surface area contributed by atoms with Crippen molar-refractivity contribution in [2.45, 2.75) is 19.3 Å². The van der Waals surface area contributed by atoms with Gasteiger partial charge in [0.25, 0.3) is 5.91 Å². The minimum atomic E-state index is -0.331. The molecule has 0 saturated carbocycles. The van der Waals surface area contributed by atoms with Gasteiger partial charge < -0.3 is 10.2 Å². The number of nitrogens with one attached hydrogen (secondary N) is 2. The van der Waals surface area contributed by atoms with Crippen LogP contribution in [0.5, 0.6) is 0 Å². The second-order valence-corrected chi connectivity index (χ2v) is 8.49. The molecular formula is C21H18ClN5O3S. The van der Waals surface area contributed by atoms with Crippen LogP contribution in [0, 0.1) is 0 Å². The molecule has 1 atom stereocenters. The van der Waals surface area contributed by atoms with Gasteiger partial charge in [-0.15, -0.1) is 10.2 Å². The number of carbonyl (C=O) groups excluding carboxylic acids is 3. The third-order valence-corrected chi connectivity index (χ3v) is 5.99. The van der Waals surface area contributed by atoms with Crippen LogP contribution < -0.4 is 15.5 Å². The molecule has 1 aliphatic rings. The van der Waals surface area contributed by atoms with Crippen molar-refractivity contribution in [1.82, 2.24) is 10.2 Å². The molecule has 1 fully saturated rings. The summed E-state index contributed by atoms with van der Waals surface area (Å²) in [5.74, 6) is -0.600. The van der Waals surface area contributed by atoms with E-state index in [2.05, 4.69) is 20.8 Å². The maximum Gasteiger partial charge on any atom is 0.257 e. The molecule has 0 aliphatic carbocycles. The van der Waals surface area contributed by atoms with E-state index in [-0.39, 0.29) is 23.6 Å². The van der Waals surface area contributed by atoms with E-state index in [1.165, 1.54) is 18.3 Å².